The van der Waals surface area contributed by atoms with Gasteiger partial charge in [-0.05, 0) is 70.0 Å². The van der Waals surface area contributed by atoms with Gasteiger partial charge in [0, 0.05) is 18.2 Å². The van der Waals surface area contributed by atoms with Crippen molar-refractivity contribution in [3.05, 3.63) is 60.2 Å². The van der Waals surface area contributed by atoms with E-state index in [1.807, 2.05) is 21.1 Å². The molecule has 4 aromatic carbocycles. The van der Waals surface area contributed by atoms with E-state index in [2.05, 4.69) is 70.5 Å². The highest BCUT2D eigenvalue weighted by Gasteiger charge is 2.29. The highest BCUT2D eigenvalue weighted by molar-refractivity contribution is 9.09. The van der Waals surface area contributed by atoms with Gasteiger partial charge in [-0.25, -0.2) is 4.57 Å². The van der Waals surface area contributed by atoms with Crippen molar-refractivity contribution in [3.63, 3.8) is 0 Å². The lowest BCUT2D eigenvalue weighted by Crippen LogP contribution is -2.37. The van der Waals surface area contributed by atoms with Gasteiger partial charge in [0.15, 0.2) is 0 Å². The first-order valence-corrected chi connectivity index (χ1v) is 24.1. The zero-order valence-electron chi connectivity index (χ0n) is 34.8. The Morgan fingerprint density at radius 1 is 0.649 bits per heavy atom. The standard InChI is InChI=1S/C46H67BrNO8P/c1-48(2,3)33-34-55-57(51,52)56-41(35-53-43(49)24-17-13-9-5-4-6-11-15-19-32-47)36-54-44(50)25-18-14-10-7-8-12-16-21-37-26-27-40-29-28-38-22-20-23-39-30-31-42(37)46(40)45(38)39/h20,22-23,26-31,41H,4-19,21,24-25,32-36H2,1-3H3/p+1/t41-/m0/s1. The molecular weight excluding hydrogens is 805 g/mol. The number of carbonyl (C=O) groups excluding carboxylic acids is 2. The lowest BCUT2D eigenvalue weighted by atomic mass is 9.90. The number of quaternary nitrogens is 1. The van der Waals surface area contributed by atoms with Gasteiger partial charge in [-0.3, -0.25) is 18.6 Å². The molecular formula is C46H68BrNO8P+. The summed E-state index contributed by atoms with van der Waals surface area (Å²) < 4.78 is 34.6. The molecule has 0 spiro atoms. The SMILES string of the molecule is C[N+](C)(C)CCOP(=O)(O)O[C@@H](COC(=O)CCCCCCCCCCCBr)COC(=O)CCCCCCCCCc1ccc2ccc3cccc4ccc1c2c34. The Morgan fingerprint density at radius 2 is 1.12 bits per heavy atom. The van der Waals surface area contributed by atoms with Gasteiger partial charge >= 0.3 is 19.8 Å². The minimum atomic E-state index is -4.48. The number of alkyl halides is 1. The molecule has 0 aromatic heterocycles. The molecule has 1 unspecified atom stereocenters. The smallest absolute Gasteiger partial charge is 0.463 e. The first-order valence-electron chi connectivity index (χ1n) is 21.4. The largest absolute Gasteiger partial charge is 0.472 e. The minimum absolute atomic E-state index is 0.00172. The maximum atomic E-state index is 12.7. The van der Waals surface area contributed by atoms with E-state index in [1.54, 1.807) is 0 Å². The van der Waals surface area contributed by atoms with Crippen LogP contribution in [0, 0.1) is 0 Å². The van der Waals surface area contributed by atoms with Crippen LogP contribution < -0.4 is 0 Å². The molecule has 9 nitrogen and oxygen atoms in total. The lowest BCUT2D eigenvalue weighted by Gasteiger charge is -2.25. The molecule has 2 atom stereocenters. The number of esters is 2. The van der Waals surface area contributed by atoms with Crippen LogP contribution in [0.1, 0.15) is 121 Å². The van der Waals surface area contributed by atoms with Crippen molar-refractivity contribution in [2.45, 2.75) is 128 Å². The van der Waals surface area contributed by atoms with Crippen molar-refractivity contribution in [1.82, 2.24) is 0 Å². The summed E-state index contributed by atoms with van der Waals surface area (Å²) >= 11 is 3.47. The van der Waals surface area contributed by atoms with Gasteiger partial charge in [0.25, 0.3) is 0 Å². The Kier molecular flexibility index (Phi) is 20.8. The fraction of sp³-hybridized carbons (Fsp3) is 0.609. The van der Waals surface area contributed by atoms with Crippen LogP contribution >= 0.6 is 23.8 Å². The van der Waals surface area contributed by atoms with Gasteiger partial charge in [-0.15, -0.1) is 0 Å². The maximum absolute atomic E-state index is 12.7. The number of aryl methyl sites for hydroxylation is 1. The molecule has 0 bridgehead atoms. The summed E-state index contributed by atoms with van der Waals surface area (Å²) in [5.41, 5.74) is 1.42. The average Bonchev–Trinajstić information content (AvgIpc) is 3.17. The summed E-state index contributed by atoms with van der Waals surface area (Å²) in [7, 11) is 1.35. The molecule has 0 saturated carbocycles. The summed E-state index contributed by atoms with van der Waals surface area (Å²) in [5, 5.41) is 9.09. The maximum Gasteiger partial charge on any atom is 0.472 e. The van der Waals surface area contributed by atoms with E-state index in [-0.39, 0.29) is 32.7 Å². The Morgan fingerprint density at radius 3 is 1.67 bits per heavy atom. The van der Waals surface area contributed by atoms with Gasteiger partial charge in [0.2, 0.25) is 0 Å². The van der Waals surface area contributed by atoms with Crippen LogP contribution in [0.2, 0.25) is 0 Å². The van der Waals surface area contributed by atoms with Crippen LogP contribution in [-0.2, 0) is 39.1 Å². The van der Waals surface area contributed by atoms with Crippen molar-refractivity contribution in [3.8, 4) is 0 Å². The van der Waals surface area contributed by atoms with Crippen molar-refractivity contribution in [2.24, 2.45) is 0 Å². The molecule has 0 heterocycles. The molecule has 0 aliphatic carbocycles. The molecule has 4 rings (SSSR count). The summed E-state index contributed by atoms with van der Waals surface area (Å²) in [4.78, 5) is 35.5. The number of phosphoric ester groups is 1. The number of ether oxygens (including phenoxy) is 2. The zero-order valence-corrected chi connectivity index (χ0v) is 37.3. The molecule has 316 valence electrons. The normalized spacial score (nSPS) is 13.7. The number of rotatable bonds is 31. The van der Waals surface area contributed by atoms with Crippen LogP contribution in [0.15, 0.2) is 54.6 Å². The average molecular weight is 874 g/mol. The predicted molar refractivity (Wildman–Crippen MR) is 236 cm³/mol. The quantitative estimate of drug-likeness (QED) is 0.0133. The summed E-state index contributed by atoms with van der Waals surface area (Å²) in [6.45, 7) is -0.124. The third kappa shape index (κ3) is 17.7. The van der Waals surface area contributed by atoms with E-state index in [4.69, 9.17) is 18.5 Å². The Balaban J connectivity index is 1.10. The van der Waals surface area contributed by atoms with Crippen molar-refractivity contribution in [1.29, 1.82) is 0 Å². The van der Waals surface area contributed by atoms with Crippen LogP contribution in [0.4, 0.5) is 0 Å². The monoisotopic (exact) mass is 872 g/mol. The minimum Gasteiger partial charge on any atom is -0.463 e. The molecule has 0 fully saturated rings. The van der Waals surface area contributed by atoms with Crippen molar-refractivity contribution >= 4 is 68.0 Å². The molecule has 57 heavy (non-hydrogen) atoms. The van der Waals surface area contributed by atoms with Crippen LogP contribution in [0.5, 0.6) is 0 Å². The Bertz CT molecular complexity index is 1810. The third-order valence-corrected chi connectivity index (χ3v) is 12.3. The molecule has 0 saturated heterocycles. The first-order chi connectivity index (χ1) is 27.5. The summed E-state index contributed by atoms with van der Waals surface area (Å²) in [6, 6.07) is 20.1. The van der Waals surface area contributed by atoms with Crippen LogP contribution in [0.3, 0.4) is 0 Å². The number of unbranched alkanes of at least 4 members (excludes halogenated alkanes) is 14. The van der Waals surface area contributed by atoms with E-state index in [1.165, 1.54) is 76.4 Å². The molecule has 11 heteroatoms. The van der Waals surface area contributed by atoms with Gasteiger partial charge < -0.3 is 18.9 Å². The number of nitrogens with zero attached hydrogens (tertiary/aromatic N) is 1. The molecule has 0 aliphatic heterocycles. The molecule has 4 aromatic rings. The molecule has 0 amide bonds. The zero-order chi connectivity index (χ0) is 40.9. The number of halogens is 1. The van der Waals surface area contributed by atoms with Crippen molar-refractivity contribution in [2.75, 3.05) is 52.8 Å². The number of likely N-dealkylation sites (N-methyl/N-ethyl adjacent to an activating group) is 1. The van der Waals surface area contributed by atoms with E-state index in [9.17, 15) is 19.0 Å². The number of benzene rings is 4. The summed E-state index contributed by atoms with van der Waals surface area (Å²) in [6.07, 6.45) is 17.8. The number of hydrogen-bond donors (Lipinski definition) is 1. The predicted octanol–water partition coefficient (Wildman–Crippen LogP) is 11.8. The van der Waals surface area contributed by atoms with E-state index in [0.717, 1.165) is 69.5 Å². The first kappa shape index (κ1) is 47.1. The second-order valence-electron chi connectivity index (χ2n) is 16.6. The van der Waals surface area contributed by atoms with Gasteiger partial charge in [-0.2, -0.15) is 0 Å². The van der Waals surface area contributed by atoms with Crippen LogP contribution in [0.25, 0.3) is 32.3 Å². The second-order valence-corrected chi connectivity index (χ2v) is 18.8. The molecule has 0 radical (unpaired) electrons. The number of phosphoric acid groups is 1. The highest BCUT2D eigenvalue weighted by atomic mass is 79.9. The fourth-order valence-corrected chi connectivity index (χ4v) is 8.63. The Labute approximate surface area is 349 Å². The van der Waals surface area contributed by atoms with Gasteiger partial charge in [0.1, 0.15) is 32.5 Å². The molecule has 1 N–H and O–H groups in total. The van der Waals surface area contributed by atoms with Crippen LogP contribution in [-0.4, -0.2) is 80.3 Å². The summed E-state index contributed by atoms with van der Waals surface area (Å²) in [5.74, 6) is -0.819. The van der Waals surface area contributed by atoms with E-state index >= 15 is 0 Å². The van der Waals surface area contributed by atoms with E-state index < -0.39 is 25.9 Å². The fourth-order valence-electron chi connectivity index (χ4n) is 7.36. The lowest BCUT2D eigenvalue weighted by molar-refractivity contribution is -0.870. The Hall–Kier alpha value is -2.59. The number of hydrogen-bond acceptors (Lipinski definition) is 7. The van der Waals surface area contributed by atoms with Gasteiger partial charge in [-0.1, -0.05) is 148 Å². The highest BCUT2D eigenvalue weighted by Crippen LogP contribution is 2.44. The topological polar surface area (TPSA) is 108 Å². The van der Waals surface area contributed by atoms with Gasteiger partial charge in [0.05, 0.1) is 21.1 Å². The molecule has 0 aliphatic rings. The van der Waals surface area contributed by atoms with Crippen molar-refractivity contribution < 1.29 is 42.1 Å². The number of carbonyl (C=O) groups is 2. The third-order valence-electron chi connectivity index (χ3n) is 10.6. The van der Waals surface area contributed by atoms with E-state index in [0.29, 0.717) is 17.4 Å². The second kappa shape index (κ2) is 25.1.